The molecule has 0 radical (unpaired) electrons. The Morgan fingerprint density at radius 1 is 1.07 bits per heavy atom. The first-order valence-electron chi connectivity index (χ1n) is 6.39. The predicted molar refractivity (Wildman–Crippen MR) is 63.5 cm³/mol. The van der Waals surface area contributed by atoms with Crippen LogP contribution in [0.5, 0.6) is 0 Å². The number of hydrogen-bond donors (Lipinski definition) is 1. The van der Waals surface area contributed by atoms with E-state index in [2.05, 4.69) is 33.0 Å². The maximum atomic E-state index is 3.65. The number of hydrogen-bond acceptors (Lipinski definition) is 1. The third-order valence-corrected chi connectivity index (χ3v) is 3.77. The molecule has 0 aromatic heterocycles. The van der Waals surface area contributed by atoms with Gasteiger partial charge >= 0.3 is 0 Å². The van der Waals surface area contributed by atoms with Gasteiger partial charge in [0.2, 0.25) is 0 Å². The molecule has 1 N–H and O–H groups in total. The van der Waals surface area contributed by atoms with E-state index in [1.165, 1.54) is 32.1 Å². The molecule has 0 unspecified atom stereocenters. The quantitative estimate of drug-likeness (QED) is 0.726. The molecular formula is C13H27N. The normalized spacial score (nSPS) is 30.6. The average Bonchev–Trinajstić information content (AvgIpc) is 2.17. The lowest BCUT2D eigenvalue weighted by molar-refractivity contribution is 0.220. The molecule has 1 heteroatoms. The first-order valence-corrected chi connectivity index (χ1v) is 6.39. The summed E-state index contributed by atoms with van der Waals surface area (Å²) in [7, 11) is 0. The van der Waals surface area contributed by atoms with Crippen LogP contribution in [0.2, 0.25) is 0 Å². The van der Waals surface area contributed by atoms with Crippen LogP contribution < -0.4 is 5.32 Å². The average molecular weight is 197 g/mol. The van der Waals surface area contributed by atoms with Crippen LogP contribution in [0.3, 0.4) is 0 Å². The zero-order valence-electron chi connectivity index (χ0n) is 10.3. The van der Waals surface area contributed by atoms with Crippen LogP contribution >= 0.6 is 0 Å². The van der Waals surface area contributed by atoms with Gasteiger partial charge in [-0.3, -0.25) is 0 Å². The zero-order chi connectivity index (χ0) is 10.6. The topological polar surface area (TPSA) is 12.0 Å². The molecule has 0 aliphatic heterocycles. The highest BCUT2D eigenvalue weighted by atomic mass is 14.9. The van der Waals surface area contributed by atoms with Crippen molar-refractivity contribution in [1.82, 2.24) is 5.32 Å². The first-order chi connectivity index (χ1) is 6.63. The van der Waals surface area contributed by atoms with Gasteiger partial charge in [0.25, 0.3) is 0 Å². The van der Waals surface area contributed by atoms with Crippen molar-refractivity contribution in [2.45, 2.75) is 71.9 Å². The SMILES string of the molecule is CCC1CCC([C@@H](C)NC(C)C)CC1. The molecule has 1 rings (SSSR count). The molecule has 0 saturated heterocycles. The molecule has 0 bridgehead atoms. The highest BCUT2D eigenvalue weighted by Gasteiger charge is 2.24. The lowest BCUT2D eigenvalue weighted by atomic mass is 9.78. The molecule has 0 amide bonds. The van der Waals surface area contributed by atoms with Crippen molar-refractivity contribution < 1.29 is 0 Å². The highest BCUT2D eigenvalue weighted by Crippen LogP contribution is 2.32. The van der Waals surface area contributed by atoms with E-state index in [1.807, 2.05) is 0 Å². The van der Waals surface area contributed by atoms with E-state index in [4.69, 9.17) is 0 Å². The third-order valence-electron chi connectivity index (χ3n) is 3.77. The van der Waals surface area contributed by atoms with E-state index < -0.39 is 0 Å². The minimum absolute atomic E-state index is 0.633. The molecule has 1 aliphatic carbocycles. The molecule has 1 fully saturated rings. The van der Waals surface area contributed by atoms with E-state index in [0.29, 0.717) is 12.1 Å². The van der Waals surface area contributed by atoms with E-state index in [-0.39, 0.29) is 0 Å². The fourth-order valence-corrected chi connectivity index (χ4v) is 2.76. The van der Waals surface area contributed by atoms with Crippen LogP contribution in [0.25, 0.3) is 0 Å². The Labute approximate surface area is 89.7 Å². The monoisotopic (exact) mass is 197 g/mol. The summed E-state index contributed by atoms with van der Waals surface area (Å²) in [5.74, 6) is 1.96. The van der Waals surface area contributed by atoms with Gasteiger partial charge < -0.3 is 5.32 Å². The lowest BCUT2D eigenvalue weighted by Gasteiger charge is -2.33. The van der Waals surface area contributed by atoms with Gasteiger partial charge in [0.1, 0.15) is 0 Å². The van der Waals surface area contributed by atoms with Crippen molar-refractivity contribution in [3.05, 3.63) is 0 Å². The van der Waals surface area contributed by atoms with Gasteiger partial charge in [0.05, 0.1) is 0 Å². The van der Waals surface area contributed by atoms with Crippen LogP contribution in [-0.4, -0.2) is 12.1 Å². The first kappa shape index (κ1) is 12.0. The van der Waals surface area contributed by atoms with Gasteiger partial charge in [-0.25, -0.2) is 0 Å². The summed E-state index contributed by atoms with van der Waals surface area (Å²) in [5, 5.41) is 3.65. The molecule has 0 aromatic carbocycles. The van der Waals surface area contributed by atoms with E-state index >= 15 is 0 Å². The molecule has 14 heavy (non-hydrogen) atoms. The van der Waals surface area contributed by atoms with Crippen LogP contribution in [0.15, 0.2) is 0 Å². The zero-order valence-corrected chi connectivity index (χ0v) is 10.3. The second-order valence-electron chi connectivity index (χ2n) is 5.30. The van der Waals surface area contributed by atoms with E-state index in [0.717, 1.165) is 11.8 Å². The number of nitrogens with one attached hydrogen (secondary N) is 1. The van der Waals surface area contributed by atoms with Crippen LogP contribution in [-0.2, 0) is 0 Å². The largest absolute Gasteiger partial charge is 0.312 e. The highest BCUT2D eigenvalue weighted by molar-refractivity contribution is 4.79. The van der Waals surface area contributed by atoms with E-state index in [1.54, 1.807) is 0 Å². The molecule has 84 valence electrons. The van der Waals surface area contributed by atoms with Crippen molar-refractivity contribution in [3.63, 3.8) is 0 Å². The molecule has 1 atom stereocenters. The van der Waals surface area contributed by atoms with Crippen LogP contribution in [0.1, 0.15) is 59.8 Å². The Bertz CT molecular complexity index is 145. The minimum Gasteiger partial charge on any atom is -0.312 e. The Balaban J connectivity index is 2.26. The van der Waals surface area contributed by atoms with Crippen molar-refractivity contribution in [2.75, 3.05) is 0 Å². The van der Waals surface area contributed by atoms with Crippen molar-refractivity contribution in [2.24, 2.45) is 11.8 Å². The third kappa shape index (κ3) is 3.61. The van der Waals surface area contributed by atoms with E-state index in [9.17, 15) is 0 Å². The summed E-state index contributed by atoms with van der Waals surface area (Å²) in [5.41, 5.74) is 0. The maximum Gasteiger partial charge on any atom is 0.00693 e. The van der Waals surface area contributed by atoms with Gasteiger partial charge in [0, 0.05) is 12.1 Å². The molecule has 1 aliphatic rings. The summed E-state index contributed by atoms with van der Waals surface area (Å²) in [4.78, 5) is 0. The maximum absolute atomic E-state index is 3.65. The molecule has 1 saturated carbocycles. The molecule has 1 nitrogen and oxygen atoms in total. The van der Waals surface area contributed by atoms with Crippen LogP contribution in [0, 0.1) is 11.8 Å². The second kappa shape index (κ2) is 5.75. The molecule has 0 heterocycles. The molecule has 0 spiro atoms. The Morgan fingerprint density at radius 3 is 2.07 bits per heavy atom. The number of rotatable bonds is 4. The summed E-state index contributed by atoms with van der Waals surface area (Å²) in [6.07, 6.45) is 7.20. The van der Waals surface area contributed by atoms with Crippen molar-refractivity contribution in [1.29, 1.82) is 0 Å². The summed E-state index contributed by atoms with van der Waals surface area (Å²) >= 11 is 0. The minimum atomic E-state index is 0.633. The Hall–Kier alpha value is -0.0400. The molecular weight excluding hydrogens is 170 g/mol. The smallest absolute Gasteiger partial charge is 0.00693 e. The van der Waals surface area contributed by atoms with Gasteiger partial charge in [-0.05, 0) is 31.6 Å². The van der Waals surface area contributed by atoms with Gasteiger partial charge in [-0.2, -0.15) is 0 Å². The second-order valence-corrected chi connectivity index (χ2v) is 5.30. The predicted octanol–water partition coefficient (Wildman–Crippen LogP) is 3.59. The summed E-state index contributed by atoms with van der Waals surface area (Å²) < 4.78 is 0. The van der Waals surface area contributed by atoms with Crippen molar-refractivity contribution in [3.8, 4) is 0 Å². The summed E-state index contributed by atoms with van der Waals surface area (Å²) in [6.45, 7) is 9.18. The summed E-state index contributed by atoms with van der Waals surface area (Å²) in [6, 6.07) is 1.35. The standard InChI is InChI=1S/C13H27N/c1-5-12-6-8-13(9-7-12)11(4)14-10(2)3/h10-14H,5-9H2,1-4H3/t11-,12?,13?/m1/s1. The lowest BCUT2D eigenvalue weighted by Crippen LogP contribution is -2.39. The molecule has 0 aromatic rings. The fourth-order valence-electron chi connectivity index (χ4n) is 2.76. The van der Waals surface area contributed by atoms with Crippen LogP contribution in [0.4, 0.5) is 0 Å². The van der Waals surface area contributed by atoms with Gasteiger partial charge in [-0.1, -0.05) is 40.0 Å². The van der Waals surface area contributed by atoms with Gasteiger partial charge in [0.15, 0.2) is 0 Å². The van der Waals surface area contributed by atoms with Crippen molar-refractivity contribution >= 4 is 0 Å². The Morgan fingerprint density at radius 2 is 1.64 bits per heavy atom. The fraction of sp³-hybridized carbons (Fsp3) is 1.00. The Kier molecular flexibility index (Phi) is 4.94. The van der Waals surface area contributed by atoms with Gasteiger partial charge in [-0.15, -0.1) is 0 Å².